The second-order valence-corrected chi connectivity index (χ2v) is 4.16. The molecule has 1 amide bonds. The first kappa shape index (κ1) is 9.77. The fourth-order valence-corrected chi connectivity index (χ4v) is 1.94. The van der Waals surface area contributed by atoms with Gasteiger partial charge in [0, 0.05) is 19.1 Å². The van der Waals surface area contributed by atoms with Crippen molar-refractivity contribution in [3.05, 3.63) is 0 Å². The van der Waals surface area contributed by atoms with Crippen LogP contribution in [0, 0.1) is 0 Å². The Hall–Kier alpha value is -0.770. The van der Waals surface area contributed by atoms with Crippen molar-refractivity contribution in [3.8, 4) is 0 Å². The van der Waals surface area contributed by atoms with Crippen molar-refractivity contribution in [3.63, 3.8) is 0 Å². The summed E-state index contributed by atoms with van der Waals surface area (Å²) in [7, 11) is 0. The van der Waals surface area contributed by atoms with E-state index in [9.17, 15) is 4.79 Å². The summed E-state index contributed by atoms with van der Waals surface area (Å²) in [5.74, 6) is 0. The molecule has 2 aliphatic rings. The molecule has 2 fully saturated rings. The van der Waals surface area contributed by atoms with Crippen LogP contribution in [0.1, 0.15) is 32.1 Å². The van der Waals surface area contributed by atoms with Crippen molar-refractivity contribution in [2.75, 3.05) is 13.1 Å². The molecule has 4 heteroatoms. The van der Waals surface area contributed by atoms with Crippen molar-refractivity contribution in [2.24, 2.45) is 0 Å². The van der Waals surface area contributed by atoms with Crippen molar-refractivity contribution >= 4 is 6.09 Å². The molecule has 0 spiro atoms. The lowest BCUT2D eigenvalue weighted by molar-refractivity contribution is 0.0636. The largest absolute Gasteiger partial charge is 0.444 e. The fraction of sp³-hybridized carbons (Fsp3) is 0.900. The standard InChI is InChI=1S/C10H18N2O2/c13-10(14-9-6-11-7-9)12-8-4-2-1-3-5-8/h8-9,11H,1-7H2,(H,12,13). The molecule has 1 saturated carbocycles. The number of carbonyl (C=O) groups excluding carboxylic acids is 1. The molecule has 2 N–H and O–H groups in total. The lowest BCUT2D eigenvalue weighted by Gasteiger charge is -2.28. The van der Waals surface area contributed by atoms with Crippen LogP contribution in [0.5, 0.6) is 0 Å². The summed E-state index contributed by atoms with van der Waals surface area (Å²) in [4.78, 5) is 11.4. The van der Waals surface area contributed by atoms with E-state index >= 15 is 0 Å². The highest BCUT2D eigenvalue weighted by molar-refractivity contribution is 5.67. The third-order valence-electron chi connectivity index (χ3n) is 2.94. The normalized spacial score (nSPS) is 24.0. The average molecular weight is 198 g/mol. The van der Waals surface area contributed by atoms with Crippen LogP contribution < -0.4 is 10.6 Å². The summed E-state index contributed by atoms with van der Waals surface area (Å²) in [6.07, 6.45) is 5.85. The highest BCUT2D eigenvalue weighted by Crippen LogP contribution is 2.17. The molecule has 4 nitrogen and oxygen atoms in total. The predicted molar refractivity (Wildman–Crippen MR) is 53.1 cm³/mol. The topological polar surface area (TPSA) is 50.4 Å². The maximum Gasteiger partial charge on any atom is 0.407 e. The van der Waals surface area contributed by atoms with E-state index in [0.717, 1.165) is 25.9 Å². The summed E-state index contributed by atoms with van der Waals surface area (Å²) in [5, 5.41) is 5.99. The third-order valence-corrected chi connectivity index (χ3v) is 2.94. The number of nitrogens with one attached hydrogen (secondary N) is 2. The first-order valence-electron chi connectivity index (χ1n) is 5.52. The molecule has 0 aromatic heterocycles. The number of ether oxygens (including phenoxy) is 1. The van der Waals surface area contributed by atoms with Gasteiger partial charge in [-0.3, -0.25) is 0 Å². The number of carbonyl (C=O) groups is 1. The van der Waals surface area contributed by atoms with Crippen molar-refractivity contribution in [1.29, 1.82) is 0 Å². The van der Waals surface area contributed by atoms with Gasteiger partial charge in [-0.15, -0.1) is 0 Å². The van der Waals surface area contributed by atoms with Crippen LogP contribution in [0.25, 0.3) is 0 Å². The Bertz CT molecular complexity index is 198. The van der Waals surface area contributed by atoms with E-state index in [1.54, 1.807) is 0 Å². The molecule has 2 rings (SSSR count). The minimum absolute atomic E-state index is 0.0959. The van der Waals surface area contributed by atoms with Gasteiger partial charge in [0.2, 0.25) is 0 Å². The van der Waals surface area contributed by atoms with E-state index in [1.165, 1.54) is 19.3 Å². The van der Waals surface area contributed by atoms with Crippen molar-refractivity contribution in [2.45, 2.75) is 44.2 Å². The number of rotatable bonds is 2. The highest BCUT2D eigenvalue weighted by Gasteiger charge is 2.23. The second-order valence-electron chi connectivity index (χ2n) is 4.16. The van der Waals surface area contributed by atoms with Crippen LogP contribution in [0.2, 0.25) is 0 Å². The zero-order chi connectivity index (χ0) is 9.80. The molecular formula is C10H18N2O2. The van der Waals surface area contributed by atoms with Gasteiger partial charge >= 0.3 is 6.09 Å². The van der Waals surface area contributed by atoms with E-state index < -0.39 is 0 Å². The van der Waals surface area contributed by atoms with E-state index in [4.69, 9.17) is 4.74 Å². The molecule has 1 aliphatic heterocycles. The van der Waals surface area contributed by atoms with Gasteiger partial charge in [-0.25, -0.2) is 4.79 Å². The number of amides is 1. The summed E-state index contributed by atoms with van der Waals surface area (Å²) in [6, 6.07) is 0.351. The van der Waals surface area contributed by atoms with E-state index in [2.05, 4.69) is 10.6 Å². The lowest BCUT2D eigenvalue weighted by atomic mass is 9.96. The Balaban J connectivity index is 1.64. The van der Waals surface area contributed by atoms with Gasteiger partial charge in [0.25, 0.3) is 0 Å². The molecular weight excluding hydrogens is 180 g/mol. The van der Waals surface area contributed by atoms with Crippen LogP contribution in [0.3, 0.4) is 0 Å². The van der Waals surface area contributed by atoms with Crippen molar-refractivity contribution in [1.82, 2.24) is 10.6 Å². The quantitative estimate of drug-likeness (QED) is 0.696. The molecule has 1 saturated heterocycles. The molecule has 0 unspecified atom stereocenters. The van der Waals surface area contributed by atoms with Crippen molar-refractivity contribution < 1.29 is 9.53 Å². The fourth-order valence-electron chi connectivity index (χ4n) is 1.94. The molecule has 14 heavy (non-hydrogen) atoms. The molecule has 1 aliphatic carbocycles. The predicted octanol–water partition coefficient (Wildman–Crippen LogP) is 1.02. The Kier molecular flexibility index (Phi) is 3.24. The minimum Gasteiger partial charge on any atom is -0.444 e. The zero-order valence-corrected chi connectivity index (χ0v) is 8.42. The molecule has 1 heterocycles. The Morgan fingerprint density at radius 2 is 1.93 bits per heavy atom. The molecule has 0 bridgehead atoms. The number of alkyl carbamates (subject to hydrolysis) is 1. The first-order chi connectivity index (χ1) is 6.84. The lowest BCUT2D eigenvalue weighted by Crippen LogP contribution is -2.51. The maximum atomic E-state index is 11.4. The molecule has 80 valence electrons. The number of hydrogen-bond acceptors (Lipinski definition) is 3. The molecule has 0 radical (unpaired) electrons. The summed E-state index contributed by atoms with van der Waals surface area (Å²) >= 11 is 0. The van der Waals surface area contributed by atoms with Crippen LogP contribution >= 0.6 is 0 Å². The summed E-state index contributed by atoms with van der Waals surface area (Å²) in [6.45, 7) is 1.61. The van der Waals surface area contributed by atoms with Crippen LogP contribution in [0.15, 0.2) is 0 Å². The maximum absolute atomic E-state index is 11.4. The van der Waals surface area contributed by atoms with Crippen LogP contribution in [-0.4, -0.2) is 31.3 Å². The van der Waals surface area contributed by atoms with Gasteiger partial charge in [-0.2, -0.15) is 0 Å². The Labute approximate surface area is 84.4 Å². The average Bonchev–Trinajstić information content (AvgIpc) is 2.13. The van der Waals surface area contributed by atoms with Gasteiger partial charge in [0.1, 0.15) is 6.10 Å². The minimum atomic E-state index is -0.233. The van der Waals surface area contributed by atoms with Gasteiger partial charge in [-0.1, -0.05) is 19.3 Å². The summed E-state index contributed by atoms with van der Waals surface area (Å²) in [5.41, 5.74) is 0. The van der Waals surface area contributed by atoms with Crippen LogP contribution in [-0.2, 0) is 4.74 Å². The summed E-state index contributed by atoms with van der Waals surface area (Å²) < 4.78 is 5.18. The zero-order valence-electron chi connectivity index (χ0n) is 8.42. The van der Waals surface area contributed by atoms with Gasteiger partial charge in [0.15, 0.2) is 0 Å². The monoisotopic (exact) mass is 198 g/mol. The molecule has 0 aromatic carbocycles. The van der Waals surface area contributed by atoms with Gasteiger partial charge in [0.05, 0.1) is 0 Å². The van der Waals surface area contributed by atoms with Gasteiger partial charge in [-0.05, 0) is 12.8 Å². The van der Waals surface area contributed by atoms with Gasteiger partial charge < -0.3 is 15.4 Å². The van der Waals surface area contributed by atoms with E-state index in [-0.39, 0.29) is 12.2 Å². The van der Waals surface area contributed by atoms with E-state index in [1.807, 2.05) is 0 Å². The Morgan fingerprint density at radius 3 is 2.50 bits per heavy atom. The third kappa shape index (κ3) is 2.61. The van der Waals surface area contributed by atoms with E-state index in [0.29, 0.717) is 6.04 Å². The highest BCUT2D eigenvalue weighted by atomic mass is 16.6. The molecule has 0 atom stereocenters. The number of hydrogen-bond donors (Lipinski definition) is 2. The first-order valence-corrected chi connectivity index (χ1v) is 5.52. The molecule has 0 aromatic rings. The Morgan fingerprint density at radius 1 is 1.21 bits per heavy atom. The smallest absolute Gasteiger partial charge is 0.407 e. The van der Waals surface area contributed by atoms with Crippen LogP contribution in [0.4, 0.5) is 4.79 Å². The SMILES string of the molecule is O=C(NC1CCCCC1)OC1CNC1. The second kappa shape index (κ2) is 4.64.